The Morgan fingerprint density at radius 1 is 1.62 bits per heavy atom. The second-order valence-corrected chi connectivity index (χ2v) is 4.63. The summed E-state index contributed by atoms with van der Waals surface area (Å²) in [6.45, 7) is 0.703. The number of nitrogen functional groups attached to an aromatic ring is 1. The normalized spacial score (nSPS) is 10.1. The molecule has 0 saturated carbocycles. The first-order valence-corrected chi connectivity index (χ1v) is 6.86. The Kier molecular flexibility index (Phi) is 4.88. The number of thioether (sulfide) groups is 1. The van der Waals surface area contributed by atoms with Gasteiger partial charge in [0.25, 0.3) is 5.69 Å². The Morgan fingerprint density at radius 3 is 2.81 bits per heavy atom. The SMILES string of the molecule is CSc1cc(N)c([N+](=O)[O-])cc1NCCBr. The molecule has 88 valence electrons. The number of hydrogen-bond donors (Lipinski definition) is 2. The number of anilines is 2. The Labute approximate surface area is 106 Å². The third kappa shape index (κ3) is 3.02. The van der Waals surface area contributed by atoms with Crippen LogP contribution in [0.4, 0.5) is 17.1 Å². The van der Waals surface area contributed by atoms with Crippen molar-refractivity contribution in [2.45, 2.75) is 4.90 Å². The number of nitro groups is 1. The van der Waals surface area contributed by atoms with Crippen LogP contribution in [0.2, 0.25) is 0 Å². The van der Waals surface area contributed by atoms with Crippen LogP contribution in [-0.4, -0.2) is 23.1 Å². The molecule has 1 aromatic rings. The lowest BCUT2D eigenvalue weighted by molar-refractivity contribution is -0.383. The Morgan fingerprint density at radius 2 is 2.31 bits per heavy atom. The molecule has 0 spiro atoms. The summed E-state index contributed by atoms with van der Waals surface area (Å²) in [6.07, 6.45) is 1.90. The second kappa shape index (κ2) is 5.95. The molecular formula is C9H12BrN3O2S. The molecule has 0 radical (unpaired) electrons. The van der Waals surface area contributed by atoms with Crippen molar-refractivity contribution in [3.05, 3.63) is 22.2 Å². The topological polar surface area (TPSA) is 81.2 Å². The zero-order valence-corrected chi connectivity index (χ0v) is 11.1. The van der Waals surface area contributed by atoms with Crippen LogP contribution in [0.15, 0.2) is 17.0 Å². The fourth-order valence-electron chi connectivity index (χ4n) is 1.23. The van der Waals surface area contributed by atoms with Gasteiger partial charge < -0.3 is 11.1 Å². The van der Waals surface area contributed by atoms with Crippen molar-refractivity contribution in [3.63, 3.8) is 0 Å². The molecule has 1 rings (SSSR count). The number of nitrogens with zero attached hydrogens (tertiary/aromatic N) is 1. The molecule has 0 bridgehead atoms. The predicted molar refractivity (Wildman–Crippen MR) is 71.6 cm³/mol. The lowest BCUT2D eigenvalue weighted by Gasteiger charge is -2.10. The largest absolute Gasteiger partial charge is 0.393 e. The van der Waals surface area contributed by atoms with E-state index in [1.165, 1.54) is 17.8 Å². The molecule has 16 heavy (non-hydrogen) atoms. The van der Waals surface area contributed by atoms with Crippen LogP contribution < -0.4 is 11.1 Å². The van der Waals surface area contributed by atoms with Crippen molar-refractivity contribution >= 4 is 44.8 Å². The van der Waals surface area contributed by atoms with E-state index in [9.17, 15) is 10.1 Å². The van der Waals surface area contributed by atoms with Gasteiger partial charge in [-0.2, -0.15) is 0 Å². The van der Waals surface area contributed by atoms with E-state index in [4.69, 9.17) is 5.73 Å². The van der Waals surface area contributed by atoms with Crippen LogP contribution in [0.1, 0.15) is 0 Å². The average molecular weight is 306 g/mol. The highest BCUT2D eigenvalue weighted by Crippen LogP contribution is 2.34. The third-order valence-electron chi connectivity index (χ3n) is 1.96. The minimum atomic E-state index is -0.473. The summed E-state index contributed by atoms with van der Waals surface area (Å²) in [4.78, 5) is 11.2. The maximum atomic E-state index is 10.7. The zero-order valence-electron chi connectivity index (χ0n) is 8.70. The van der Waals surface area contributed by atoms with Crippen molar-refractivity contribution in [2.24, 2.45) is 0 Å². The standard InChI is InChI=1S/C9H12BrN3O2S/c1-16-9-4-6(11)8(13(14)15)5-7(9)12-3-2-10/h4-5,12H,2-3,11H2,1H3. The first-order chi connectivity index (χ1) is 7.60. The fraction of sp³-hybridized carbons (Fsp3) is 0.333. The molecule has 0 aliphatic rings. The van der Waals surface area contributed by atoms with Gasteiger partial charge in [-0.1, -0.05) is 15.9 Å². The lowest BCUT2D eigenvalue weighted by atomic mass is 10.2. The molecule has 5 nitrogen and oxygen atoms in total. The van der Waals surface area contributed by atoms with Gasteiger partial charge in [0, 0.05) is 22.8 Å². The van der Waals surface area contributed by atoms with Gasteiger partial charge in [-0.25, -0.2) is 0 Å². The smallest absolute Gasteiger partial charge is 0.294 e. The molecule has 3 N–H and O–H groups in total. The van der Waals surface area contributed by atoms with Crippen molar-refractivity contribution in [1.82, 2.24) is 0 Å². The fourth-order valence-corrected chi connectivity index (χ4v) is 2.03. The van der Waals surface area contributed by atoms with Gasteiger partial charge in [0.15, 0.2) is 0 Å². The number of nitro benzene ring substituents is 1. The molecule has 0 fully saturated rings. The van der Waals surface area contributed by atoms with Crippen molar-refractivity contribution in [1.29, 1.82) is 0 Å². The summed E-state index contributed by atoms with van der Waals surface area (Å²) in [5.41, 5.74) is 6.48. The molecule has 0 unspecified atom stereocenters. The van der Waals surface area contributed by atoms with Crippen molar-refractivity contribution in [3.8, 4) is 0 Å². The highest BCUT2D eigenvalue weighted by atomic mass is 79.9. The Hall–Kier alpha value is -0.950. The molecule has 0 heterocycles. The highest BCUT2D eigenvalue weighted by molar-refractivity contribution is 9.09. The van der Waals surface area contributed by atoms with Gasteiger partial charge in [-0.05, 0) is 12.3 Å². The first kappa shape index (κ1) is 13.1. The van der Waals surface area contributed by atoms with E-state index >= 15 is 0 Å². The van der Waals surface area contributed by atoms with E-state index in [-0.39, 0.29) is 11.4 Å². The lowest BCUT2D eigenvalue weighted by Crippen LogP contribution is -2.05. The number of alkyl halides is 1. The first-order valence-electron chi connectivity index (χ1n) is 4.52. The average Bonchev–Trinajstić information content (AvgIpc) is 2.26. The number of benzene rings is 1. The maximum absolute atomic E-state index is 10.7. The summed E-state index contributed by atoms with van der Waals surface area (Å²) < 4.78 is 0. The summed E-state index contributed by atoms with van der Waals surface area (Å²) in [6, 6.07) is 3.10. The van der Waals surface area contributed by atoms with E-state index in [0.29, 0.717) is 6.54 Å². The zero-order chi connectivity index (χ0) is 12.1. The quantitative estimate of drug-likeness (QED) is 0.287. The summed E-state index contributed by atoms with van der Waals surface area (Å²) in [5, 5.41) is 14.6. The van der Waals surface area contributed by atoms with Gasteiger partial charge in [-0.3, -0.25) is 10.1 Å². The Balaban J connectivity index is 3.12. The van der Waals surface area contributed by atoms with Crippen LogP contribution in [0, 0.1) is 10.1 Å². The van der Waals surface area contributed by atoms with Crippen LogP contribution in [0.25, 0.3) is 0 Å². The van der Waals surface area contributed by atoms with Gasteiger partial charge in [0.1, 0.15) is 5.69 Å². The molecule has 0 saturated heterocycles. The van der Waals surface area contributed by atoms with Crippen LogP contribution >= 0.6 is 27.7 Å². The third-order valence-corrected chi connectivity index (χ3v) is 3.13. The van der Waals surface area contributed by atoms with Crippen molar-refractivity contribution in [2.75, 3.05) is 29.2 Å². The van der Waals surface area contributed by atoms with Crippen LogP contribution in [-0.2, 0) is 0 Å². The molecule has 0 atom stereocenters. The van der Waals surface area contributed by atoms with Crippen molar-refractivity contribution < 1.29 is 4.92 Å². The van der Waals surface area contributed by atoms with E-state index < -0.39 is 4.92 Å². The molecule has 0 aliphatic heterocycles. The molecular weight excluding hydrogens is 294 g/mol. The van der Waals surface area contributed by atoms with Gasteiger partial charge in [0.2, 0.25) is 0 Å². The number of rotatable bonds is 5. The summed E-state index contributed by atoms with van der Waals surface area (Å²) >= 11 is 4.79. The van der Waals surface area contributed by atoms with Crippen LogP contribution in [0.3, 0.4) is 0 Å². The Bertz CT molecular complexity index is 401. The van der Waals surface area contributed by atoms with E-state index in [1.807, 2.05) is 6.26 Å². The number of halogens is 1. The predicted octanol–water partition coefficient (Wildman–Crippen LogP) is 2.71. The molecule has 0 amide bonds. The number of nitrogens with two attached hydrogens (primary N) is 1. The van der Waals surface area contributed by atoms with Gasteiger partial charge in [-0.15, -0.1) is 11.8 Å². The molecule has 1 aromatic carbocycles. The van der Waals surface area contributed by atoms with E-state index in [1.54, 1.807) is 6.07 Å². The number of nitrogens with one attached hydrogen (secondary N) is 1. The highest BCUT2D eigenvalue weighted by Gasteiger charge is 2.15. The molecule has 0 aliphatic carbocycles. The van der Waals surface area contributed by atoms with Gasteiger partial charge >= 0.3 is 0 Å². The van der Waals surface area contributed by atoms with Crippen LogP contribution in [0.5, 0.6) is 0 Å². The van der Waals surface area contributed by atoms with Gasteiger partial charge in [0.05, 0.1) is 10.6 Å². The van der Waals surface area contributed by atoms with E-state index in [2.05, 4.69) is 21.2 Å². The molecule has 0 aromatic heterocycles. The second-order valence-electron chi connectivity index (χ2n) is 2.98. The maximum Gasteiger partial charge on any atom is 0.294 e. The molecule has 7 heteroatoms. The van der Waals surface area contributed by atoms with E-state index in [0.717, 1.165) is 15.9 Å². The minimum absolute atomic E-state index is 0.0603. The summed E-state index contributed by atoms with van der Waals surface area (Å²) in [7, 11) is 0. The summed E-state index contributed by atoms with van der Waals surface area (Å²) in [5.74, 6) is 0. The minimum Gasteiger partial charge on any atom is -0.393 e. The number of hydrogen-bond acceptors (Lipinski definition) is 5. The monoisotopic (exact) mass is 305 g/mol.